The van der Waals surface area contributed by atoms with E-state index in [2.05, 4.69) is 5.32 Å². The molecule has 0 unspecified atom stereocenters. The lowest BCUT2D eigenvalue weighted by atomic mass is 10.2. The molecule has 0 radical (unpaired) electrons. The number of nitro benzene ring substituents is 1. The van der Waals surface area contributed by atoms with Gasteiger partial charge in [-0.15, -0.1) is 23.2 Å². The normalized spacial score (nSPS) is 10.3. The highest BCUT2D eigenvalue weighted by atomic mass is 35.5. The number of nitro groups is 1. The van der Waals surface area contributed by atoms with Crippen molar-refractivity contribution >= 4 is 34.6 Å². The number of hydrogen-bond donors (Lipinski definition) is 1. The molecule has 15 heavy (non-hydrogen) atoms. The molecule has 1 rings (SSSR count). The molecule has 0 fully saturated rings. The van der Waals surface area contributed by atoms with Gasteiger partial charge in [-0.05, 0) is 12.1 Å². The maximum absolute atomic E-state index is 10.4. The minimum Gasteiger partial charge on any atom is -0.380 e. The molecule has 0 aromatic heterocycles. The van der Waals surface area contributed by atoms with E-state index in [-0.39, 0.29) is 11.7 Å². The molecule has 0 heterocycles. The first-order valence-electron chi connectivity index (χ1n) is 4.30. The highest BCUT2D eigenvalue weighted by Crippen LogP contribution is 2.16. The number of alkyl halides is 2. The van der Waals surface area contributed by atoms with Crippen molar-refractivity contribution < 1.29 is 4.92 Å². The first kappa shape index (κ1) is 12.1. The molecule has 1 N–H and O–H groups in total. The SMILES string of the molecule is O=[N+]([O-])c1ccc(NC(CCl)CCl)cc1. The fraction of sp³-hybridized carbons (Fsp3) is 0.333. The number of nitrogens with zero attached hydrogens (tertiary/aromatic N) is 1. The Bertz CT molecular complexity index is 325. The van der Waals surface area contributed by atoms with Crippen molar-refractivity contribution in [2.45, 2.75) is 6.04 Å². The van der Waals surface area contributed by atoms with Gasteiger partial charge in [-0.2, -0.15) is 0 Å². The van der Waals surface area contributed by atoms with E-state index >= 15 is 0 Å². The summed E-state index contributed by atoms with van der Waals surface area (Å²) in [6, 6.07) is 6.09. The molecule has 0 aliphatic carbocycles. The van der Waals surface area contributed by atoms with Gasteiger partial charge in [-0.25, -0.2) is 0 Å². The molecule has 1 aromatic carbocycles. The van der Waals surface area contributed by atoms with Gasteiger partial charge in [0, 0.05) is 29.6 Å². The fourth-order valence-corrected chi connectivity index (χ4v) is 1.52. The molecule has 0 aliphatic heterocycles. The first-order valence-corrected chi connectivity index (χ1v) is 5.37. The zero-order valence-corrected chi connectivity index (χ0v) is 9.33. The molecule has 1 aromatic rings. The van der Waals surface area contributed by atoms with Crippen LogP contribution in [-0.2, 0) is 0 Å². The number of rotatable bonds is 5. The van der Waals surface area contributed by atoms with E-state index in [1.807, 2.05) is 0 Å². The van der Waals surface area contributed by atoms with E-state index in [1.54, 1.807) is 12.1 Å². The maximum atomic E-state index is 10.4. The Labute approximate surface area is 97.3 Å². The number of halogens is 2. The summed E-state index contributed by atoms with van der Waals surface area (Å²) in [5.74, 6) is 0.779. The Morgan fingerprint density at radius 2 is 1.80 bits per heavy atom. The van der Waals surface area contributed by atoms with Gasteiger partial charge >= 0.3 is 0 Å². The molecule has 82 valence electrons. The van der Waals surface area contributed by atoms with E-state index in [0.29, 0.717) is 11.8 Å². The number of hydrogen-bond acceptors (Lipinski definition) is 3. The zero-order valence-electron chi connectivity index (χ0n) is 7.82. The number of benzene rings is 1. The van der Waals surface area contributed by atoms with Gasteiger partial charge in [0.2, 0.25) is 0 Å². The Hall–Kier alpha value is -1.00. The Morgan fingerprint density at radius 1 is 1.27 bits per heavy atom. The summed E-state index contributed by atoms with van der Waals surface area (Å²) < 4.78 is 0. The lowest BCUT2D eigenvalue weighted by Crippen LogP contribution is -2.22. The van der Waals surface area contributed by atoms with Crippen molar-refractivity contribution in [2.75, 3.05) is 17.1 Å². The van der Waals surface area contributed by atoms with Crippen LogP contribution in [0.4, 0.5) is 11.4 Å². The fourth-order valence-electron chi connectivity index (χ4n) is 1.03. The Morgan fingerprint density at radius 3 is 2.20 bits per heavy atom. The van der Waals surface area contributed by atoms with Crippen molar-refractivity contribution in [3.05, 3.63) is 34.4 Å². The highest BCUT2D eigenvalue weighted by molar-refractivity contribution is 6.21. The molecular formula is C9H10Cl2N2O2. The molecule has 0 atom stereocenters. The molecule has 0 saturated carbocycles. The quantitative estimate of drug-likeness (QED) is 0.496. The number of non-ortho nitro benzene ring substituents is 1. The van der Waals surface area contributed by atoms with Gasteiger partial charge in [0.05, 0.1) is 11.0 Å². The highest BCUT2D eigenvalue weighted by Gasteiger charge is 2.07. The lowest BCUT2D eigenvalue weighted by molar-refractivity contribution is -0.384. The Balaban J connectivity index is 2.67. The van der Waals surface area contributed by atoms with Crippen LogP contribution < -0.4 is 5.32 Å². The molecular weight excluding hydrogens is 239 g/mol. The number of anilines is 1. The van der Waals surface area contributed by atoms with Crippen LogP contribution in [0.25, 0.3) is 0 Å². The third kappa shape index (κ3) is 3.57. The van der Waals surface area contributed by atoms with Crippen LogP contribution >= 0.6 is 23.2 Å². The van der Waals surface area contributed by atoms with Crippen LogP contribution in [0.3, 0.4) is 0 Å². The topological polar surface area (TPSA) is 55.2 Å². The molecule has 0 amide bonds. The van der Waals surface area contributed by atoms with Crippen molar-refractivity contribution in [3.63, 3.8) is 0 Å². The third-order valence-corrected chi connectivity index (χ3v) is 2.57. The van der Waals surface area contributed by atoms with Crippen LogP contribution in [0.1, 0.15) is 0 Å². The van der Waals surface area contributed by atoms with E-state index in [9.17, 15) is 10.1 Å². The average Bonchev–Trinajstić information content (AvgIpc) is 2.26. The first-order chi connectivity index (χ1) is 7.17. The summed E-state index contributed by atoms with van der Waals surface area (Å²) in [5.41, 5.74) is 0.834. The van der Waals surface area contributed by atoms with E-state index < -0.39 is 4.92 Å². The van der Waals surface area contributed by atoms with Gasteiger partial charge < -0.3 is 5.32 Å². The van der Waals surface area contributed by atoms with Crippen LogP contribution in [0.5, 0.6) is 0 Å². The standard InChI is InChI=1S/C9H10Cl2N2O2/c10-5-8(6-11)12-7-1-3-9(4-2-7)13(14)15/h1-4,8,12H,5-6H2. The largest absolute Gasteiger partial charge is 0.380 e. The van der Waals surface area contributed by atoms with E-state index in [1.165, 1.54) is 12.1 Å². The van der Waals surface area contributed by atoms with E-state index in [4.69, 9.17) is 23.2 Å². The summed E-state index contributed by atoms with van der Waals surface area (Å²) in [7, 11) is 0. The second-order valence-electron chi connectivity index (χ2n) is 2.95. The second kappa shape index (κ2) is 5.78. The van der Waals surface area contributed by atoms with Gasteiger partial charge in [0.25, 0.3) is 5.69 Å². The smallest absolute Gasteiger partial charge is 0.269 e. The molecule has 4 nitrogen and oxygen atoms in total. The van der Waals surface area contributed by atoms with E-state index in [0.717, 1.165) is 5.69 Å². The summed E-state index contributed by atoms with van der Waals surface area (Å²) in [5, 5.41) is 13.4. The minimum absolute atomic E-state index is 0.0326. The summed E-state index contributed by atoms with van der Waals surface area (Å²) in [6.07, 6.45) is 0. The van der Waals surface area contributed by atoms with Crippen LogP contribution in [-0.4, -0.2) is 22.7 Å². The molecule has 6 heteroatoms. The second-order valence-corrected chi connectivity index (χ2v) is 3.57. The van der Waals surface area contributed by atoms with Crippen LogP contribution in [0.15, 0.2) is 24.3 Å². The molecule has 0 saturated heterocycles. The summed E-state index contributed by atoms with van der Waals surface area (Å²) >= 11 is 11.3. The van der Waals surface area contributed by atoms with Crippen molar-refractivity contribution in [1.82, 2.24) is 0 Å². The van der Waals surface area contributed by atoms with Gasteiger partial charge in [-0.1, -0.05) is 0 Å². The lowest BCUT2D eigenvalue weighted by Gasteiger charge is -2.13. The predicted octanol–water partition coefficient (Wildman–Crippen LogP) is 2.85. The monoisotopic (exact) mass is 248 g/mol. The van der Waals surface area contributed by atoms with Crippen LogP contribution in [0, 0.1) is 10.1 Å². The maximum Gasteiger partial charge on any atom is 0.269 e. The number of nitrogens with one attached hydrogen (secondary N) is 1. The van der Waals surface area contributed by atoms with Gasteiger partial charge in [-0.3, -0.25) is 10.1 Å². The molecule has 0 aliphatic rings. The summed E-state index contributed by atoms with van der Waals surface area (Å²) in [4.78, 5) is 9.95. The third-order valence-electron chi connectivity index (χ3n) is 1.82. The molecule has 0 spiro atoms. The van der Waals surface area contributed by atoms with Gasteiger partial charge in [0.15, 0.2) is 0 Å². The Kier molecular flexibility index (Phi) is 4.65. The van der Waals surface area contributed by atoms with Crippen molar-refractivity contribution in [1.29, 1.82) is 0 Å². The minimum atomic E-state index is -0.440. The van der Waals surface area contributed by atoms with Crippen molar-refractivity contribution in [3.8, 4) is 0 Å². The average molecular weight is 249 g/mol. The molecule has 0 bridgehead atoms. The predicted molar refractivity (Wildman–Crippen MR) is 61.9 cm³/mol. The van der Waals surface area contributed by atoms with Crippen molar-refractivity contribution in [2.24, 2.45) is 0 Å². The zero-order chi connectivity index (χ0) is 11.3. The summed E-state index contributed by atoms with van der Waals surface area (Å²) in [6.45, 7) is 0. The van der Waals surface area contributed by atoms with Crippen LogP contribution in [0.2, 0.25) is 0 Å². The van der Waals surface area contributed by atoms with Gasteiger partial charge in [0.1, 0.15) is 0 Å².